The van der Waals surface area contributed by atoms with Crippen LogP contribution in [-0.2, 0) is 4.74 Å². The molecule has 3 heterocycles. The number of carbonyl (C=O) groups is 1. The molecule has 0 aliphatic carbocycles. The summed E-state index contributed by atoms with van der Waals surface area (Å²) in [5.41, 5.74) is 0.923. The molecule has 6 nitrogen and oxygen atoms in total. The highest BCUT2D eigenvalue weighted by Crippen LogP contribution is 2.37. The second kappa shape index (κ2) is 6.07. The largest absolute Gasteiger partial charge is 0.454 e. The van der Waals surface area contributed by atoms with E-state index in [0.717, 1.165) is 16.3 Å². The number of thiazole rings is 1. The molecule has 2 aliphatic rings. The maximum absolute atomic E-state index is 12.7. The average Bonchev–Trinajstić information content (AvgIpc) is 3.21. The van der Waals surface area contributed by atoms with Crippen LogP contribution in [-0.4, -0.2) is 47.9 Å². The van der Waals surface area contributed by atoms with Gasteiger partial charge in [-0.15, -0.1) is 11.3 Å². The van der Waals surface area contributed by atoms with Crippen molar-refractivity contribution in [2.45, 2.75) is 26.1 Å². The predicted molar refractivity (Wildman–Crippen MR) is 89.6 cm³/mol. The Morgan fingerprint density at radius 3 is 2.75 bits per heavy atom. The van der Waals surface area contributed by atoms with Crippen LogP contribution >= 0.6 is 11.3 Å². The predicted octanol–water partition coefficient (Wildman–Crippen LogP) is 2.79. The molecule has 7 heteroatoms. The van der Waals surface area contributed by atoms with Gasteiger partial charge in [0.05, 0.1) is 18.4 Å². The Hall–Kier alpha value is -2.12. The molecule has 0 bridgehead atoms. The molecule has 0 N–H and O–H groups in total. The molecule has 1 fully saturated rings. The smallest absolute Gasteiger partial charge is 0.265 e. The van der Waals surface area contributed by atoms with Crippen molar-refractivity contribution in [3.63, 3.8) is 0 Å². The fourth-order valence-corrected chi connectivity index (χ4v) is 3.92. The van der Waals surface area contributed by atoms with Crippen LogP contribution in [0.1, 0.15) is 23.5 Å². The molecule has 24 heavy (non-hydrogen) atoms. The second-order valence-corrected chi connectivity index (χ2v) is 7.10. The number of nitrogens with zero attached hydrogens (tertiary/aromatic N) is 2. The number of rotatable bonds is 2. The van der Waals surface area contributed by atoms with Crippen LogP contribution in [0.15, 0.2) is 24.4 Å². The van der Waals surface area contributed by atoms with Gasteiger partial charge in [-0.1, -0.05) is 0 Å². The first-order valence-electron chi connectivity index (χ1n) is 7.91. The van der Waals surface area contributed by atoms with Gasteiger partial charge in [0.15, 0.2) is 11.5 Å². The van der Waals surface area contributed by atoms with Crippen molar-refractivity contribution in [2.75, 3.05) is 19.9 Å². The van der Waals surface area contributed by atoms with Crippen molar-refractivity contribution in [1.82, 2.24) is 9.88 Å². The minimum atomic E-state index is 0.0153. The monoisotopic (exact) mass is 346 g/mol. The van der Waals surface area contributed by atoms with Crippen molar-refractivity contribution in [3.8, 4) is 22.1 Å². The van der Waals surface area contributed by atoms with E-state index in [-0.39, 0.29) is 24.9 Å². The normalized spacial score (nSPS) is 22.7. The first-order valence-corrected chi connectivity index (χ1v) is 8.72. The van der Waals surface area contributed by atoms with Crippen molar-refractivity contribution >= 4 is 17.2 Å². The first-order chi connectivity index (χ1) is 11.6. The van der Waals surface area contributed by atoms with Crippen molar-refractivity contribution < 1.29 is 19.0 Å². The van der Waals surface area contributed by atoms with Crippen LogP contribution in [0.4, 0.5) is 0 Å². The Kier molecular flexibility index (Phi) is 3.90. The number of fused-ring (bicyclic) bond motifs is 1. The topological polar surface area (TPSA) is 60.9 Å². The SMILES string of the molecule is CC1CN(C(=O)c2cnc(-c3ccc4c(c3)OCO4)s2)CC(C)O1. The first kappa shape index (κ1) is 15.4. The summed E-state index contributed by atoms with van der Waals surface area (Å²) in [6, 6.07) is 5.69. The van der Waals surface area contributed by atoms with Gasteiger partial charge in [0.1, 0.15) is 9.88 Å². The van der Waals surface area contributed by atoms with Gasteiger partial charge in [-0.25, -0.2) is 4.98 Å². The molecule has 0 spiro atoms. The van der Waals surface area contributed by atoms with E-state index in [1.165, 1.54) is 11.3 Å². The zero-order valence-electron chi connectivity index (χ0n) is 13.5. The highest BCUT2D eigenvalue weighted by molar-refractivity contribution is 7.16. The van der Waals surface area contributed by atoms with Gasteiger partial charge in [-0.2, -0.15) is 0 Å². The molecular weight excluding hydrogens is 328 g/mol. The molecule has 4 rings (SSSR count). The van der Waals surface area contributed by atoms with Gasteiger partial charge in [-0.3, -0.25) is 4.79 Å². The molecule has 1 saturated heterocycles. The van der Waals surface area contributed by atoms with Gasteiger partial charge >= 0.3 is 0 Å². The number of benzene rings is 1. The number of ether oxygens (including phenoxy) is 3. The zero-order chi connectivity index (χ0) is 16.7. The van der Waals surface area contributed by atoms with E-state index < -0.39 is 0 Å². The van der Waals surface area contributed by atoms with Crippen molar-refractivity contribution in [2.24, 2.45) is 0 Å². The lowest BCUT2D eigenvalue weighted by atomic mass is 10.2. The Morgan fingerprint density at radius 2 is 1.96 bits per heavy atom. The highest BCUT2D eigenvalue weighted by Gasteiger charge is 2.28. The lowest BCUT2D eigenvalue weighted by molar-refractivity contribution is -0.0585. The molecule has 0 saturated carbocycles. The molecule has 2 aromatic rings. The van der Waals surface area contributed by atoms with E-state index in [1.54, 1.807) is 6.20 Å². The van der Waals surface area contributed by atoms with E-state index in [1.807, 2.05) is 36.9 Å². The molecule has 1 amide bonds. The Bertz CT molecular complexity index is 766. The average molecular weight is 346 g/mol. The summed E-state index contributed by atoms with van der Waals surface area (Å²) in [4.78, 5) is 19.6. The number of amides is 1. The lowest BCUT2D eigenvalue weighted by Crippen LogP contribution is -2.48. The molecular formula is C17H18N2O4S. The fourth-order valence-electron chi connectivity index (χ4n) is 3.04. The summed E-state index contributed by atoms with van der Waals surface area (Å²) in [6.45, 7) is 5.44. The molecule has 126 valence electrons. The standard InChI is InChI=1S/C17H18N2O4S/c1-10-7-19(8-11(2)23-10)17(20)15-6-18-16(24-15)12-3-4-13-14(5-12)22-9-21-13/h3-6,10-11H,7-9H2,1-2H3. The molecule has 2 aliphatic heterocycles. The number of carbonyl (C=O) groups excluding carboxylic acids is 1. The van der Waals surface area contributed by atoms with Gasteiger partial charge in [0, 0.05) is 18.7 Å². The Morgan fingerprint density at radius 1 is 1.21 bits per heavy atom. The zero-order valence-corrected chi connectivity index (χ0v) is 14.3. The highest BCUT2D eigenvalue weighted by atomic mass is 32.1. The summed E-state index contributed by atoms with van der Waals surface area (Å²) in [5.74, 6) is 1.47. The number of hydrogen-bond donors (Lipinski definition) is 0. The fraction of sp³-hybridized carbons (Fsp3) is 0.412. The quantitative estimate of drug-likeness (QED) is 0.837. The third kappa shape index (κ3) is 2.85. The van der Waals surface area contributed by atoms with Crippen LogP contribution < -0.4 is 9.47 Å². The van der Waals surface area contributed by atoms with Crippen LogP contribution in [0, 0.1) is 0 Å². The third-order valence-corrected chi connectivity index (χ3v) is 5.08. The van der Waals surface area contributed by atoms with Crippen LogP contribution in [0.2, 0.25) is 0 Å². The van der Waals surface area contributed by atoms with E-state index >= 15 is 0 Å². The van der Waals surface area contributed by atoms with E-state index in [0.29, 0.717) is 23.7 Å². The molecule has 2 unspecified atom stereocenters. The van der Waals surface area contributed by atoms with Crippen LogP contribution in [0.25, 0.3) is 10.6 Å². The van der Waals surface area contributed by atoms with Gasteiger partial charge in [-0.05, 0) is 32.0 Å². The minimum absolute atomic E-state index is 0.0153. The van der Waals surface area contributed by atoms with Crippen LogP contribution in [0.5, 0.6) is 11.5 Å². The number of hydrogen-bond acceptors (Lipinski definition) is 6. The second-order valence-electron chi connectivity index (χ2n) is 6.07. The van der Waals surface area contributed by atoms with Gasteiger partial charge in [0.2, 0.25) is 6.79 Å². The lowest BCUT2D eigenvalue weighted by Gasteiger charge is -2.35. The summed E-state index contributed by atoms with van der Waals surface area (Å²) < 4.78 is 16.4. The molecule has 0 radical (unpaired) electrons. The van der Waals surface area contributed by atoms with E-state index in [9.17, 15) is 4.79 Å². The maximum Gasteiger partial charge on any atom is 0.265 e. The van der Waals surface area contributed by atoms with Crippen LogP contribution in [0.3, 0.4) is 0 Å². The summed E-state index contributed by atoms with van der Waals surface area (Å²) in [6.07, 6.45) is 1.76. The van der Waals surface area contributed by atoms with E-state index in [2.05, 4.69) is 4.98 Å². The number of morpholine rings is 1. The molecule has 2 atom stereocenters. The van der Waals surface area contributed by atoms with Crippen molar-refractivity contribution in [3.05, 3.63) is 29.3 Å². The molecule has 1 aromatic heterocycles. The number of aromatic nitrogens is 1. The van der Waals surface area contributed by atoms with Gasteiger partial charge in [0.25, 0.3) is 5.91 Å². The molecule has 1 aromatic carbocycles. The summed E-state index contributed by atoms with van der Waals surface area (Å²) >= 11 is 1.40. The summed E-state index contributed by atoms with van der Waals surface area (Å²) in [5, 5.41) is 0.797. The van der Waals surface area contributed by atoms with Crippen molar-refractivity contribution in [1.29, 1.82) is 0 Å². The Labute approximate surface area is 144 Å². The van der Waals surface area contributed by atoms with E-state index in [4.69, 9.17) is 14.2 Å². The van der Waals surface area contributed by atoms with Gasteiger partial charge < -0.3 is 19.1 Å². The Balaban J connectivity index is 1.55. The summed E-state index contributed by atoms with van der Waals surface area (Å²) in [7, 11) is 0. The maximum atomic E-state index is 12.7. The minimum Gasteiger partial charge on any atom is -0.454 e. The third-order valence-electron chi connectivity index (χ3n) is 4.04.